The third-order valence-electron chi connectivity index (χ3n) is 9.18. The number of benzene rings is 1. The fourth-order valence-corrected chi connectivity index (χ4v) is 7.01. The standard InChI is InChI=1S/C28H39N5O3/c34-26-4-3-25(27(35)30-26)33-18-22-14-23(1-2-24(22)28(33)36)32-16-21(17-32)15-31-11-7-20(8-12-31)13-19-5-9-29-10-6-19/h1-2,14,19-21,25,29H,3-13,15-18H2,(H,30,34,35). The normalized spacial score (nSPS) is 26.8. The SMILES string of the molecule is O=C1CCC(N2Cc3cc(N4CC(CN5CCC(CC6CCNCC6)CC5)C4)ccc3C2=O)C(=O)N1. The Bertz CT molecular complexity index is 1010. The number of hydrogen-bond acceptors (Lipinski definition) is 6. The topological polar surface area (TPSA) is 85.0 Å². The van der Waals surface area contributed by atoms with Crippen molar-refractivity contribution >= 4 is 23.4 Å². The molecule has 1 atom stereocenters. The molecule has 0 aromatic heterocycles. The van der Waals surface area contributed by atoms with Crippen molar-refractivity contribution in [2.45, 2.75) is 57.5 Å². The molecule has 3 amide bonds. The van der Waals surface area contributed by atoms with Crippen LogP contribution in [0.5, 0.6) is 0 Å². The molecule has 0 saturated carbocycles. The van der Waals surface area contributed by atoms with E-state index in [4.69, 9.17) is 0 Å². The molecule has 6 rings (SSSR count). The molecule has 1 aromatic rings. The van der Waals surface area contributed by atoms with Crippen LogP contribution in [0, 0.1) is 17.8 Å². The minimum absolute atomic E-state index is 0.101. The molecule has 0 bridgehead atoms. The lowest BCUT2D eigenvalue weighted by atomic mass is 9.83. The van der Waals surface area contributed by atoms with Crippen LogP contribution in [0.25, 0.3) is 0 Å². The molecule has 1 aromatic carbocycles. The molecule has 194 valence electrons. The fourth-order valence-electron chi connectivity index (χ4n) is 7.01. The van der Waals surface area contributed by atoms with Gasteiger partial charge in [-0.25, -0.2) is 0 Å². The van der Waals surface area contributed by atoms with Gasteiger partial charge in [0.25, 0.3) is 5.91 Å². The van der Waals surface area contributed by atoms with Crippen molar-refractivity contribution < 1.29 is 14.4 Å². The molecular formula is C28H39N5O3. The number of carbonyl (C=O) groups is 3. The second-order valence-corrected chi connectivity index (χ2v) is 11.7. The van der Waals surface area contributed by atoms with Gasteiger partial charge in [-0.1, -0.05) is 0 Å². The van der Waals surface area contributed by atoms with E-state index in [2.05, 4.69) is 26.5 Å². The third-order valence-corrected chi connectivity index (χ3v) is 9.18. The first-order chi connectivity index (χ1) is 17.5. The van der Waals surface area contributed by atoms with E-state index >= 15 is 0 Å². The first-order valence-corrected chi connectivity index (χ1v) is 14.0. The molecule has 1 unspecified atom stereocenters. The highest BCUT2D eigenvalue weighted by atomic mass is 16.2. The van der Waals surface area contributed by atoms with E-state index in [1.54, 1.807) is 4.90 Å². The number of rotatable bonds is 6. The molecule has 8 heteroatoms. The summed E-state index contributed by atoms with van der Waals surface area (Å²) < 4.78 is 0. The zero-order chi connectivity index (χ0) is 24.6. The van der Waals surface area contributed by atoms with Gasteiger partial charge < -0.3 is 20.0 Å². The average molecular weight is 494 g/mol. The summed E-state index contributed by atoms with van der Waals surface area (Å²) in [5.74, 6) is 1.87. The molecule has 0 spiro atoms. The number of nitrogens with one attached hydrogen (secondary N) is 2. The minimum Gasteiger partial charge on any atom is -0.371 e. The van der Waals surface area contributed by atoms with Crippen LogP contribution in [0.15, 0.2) is 18.2 Å². The fraction of sp³-hybridized carbons (Fsp3) is 0.679. The Morgan fingerprint density at radius 2 is 1.64 bits per heavy atom. The number of anilines is 1. The van der Waals surface area contributed by atoms with Crippen molar-refractivity contribution in [1.29, 1.82) is 0 Å². The second kappa shape index (κ2) is 10.1. The zero-order valence-corrected chi connectivity index (χ0v) is 21.2. The molecule has 36 heavy (non-hydrogen) atoms. The summed E-state index contributed by atoms with van der Waals surface area (Å²) in [5.41, 5.74) is 2.85. The average Bonchev–Trinajstić information content (AvgIpc) is 3.18. The van der Waals surface area contributed by atoms with Gasteiger partial charge in [-0.15, -0.1) is 0 Å². The van der Waals surface area contributed by atoms with Crippen molar-refractivity contribution in [2.24, 2.45) is 17.8 Å². The highest BCUT2D eigenvalue weighted by Crippen LogP contribution is 2.34. The van der Waals surface area contributed by atoms with Gasteiger partial charge in [0.2, 0.25) is 11.8 Å². The van der Waals surface area contributed by atoms with Crippen molar-refractivity contribution in [3.63, 3.8) is 0 Å². The maximum absolute atomic E-state index is 12.9. The lowest BCUT2D eigenvalue weighted by molar-refractivity contribution is -0.136. The van der Waals surface area contributed by atoms with E-state index < -0.39 is 6.04 Å². The highest BCUT2D eigenvalue weighted by molar-refractivity contribution is 6.05. The second-order valence-electron chi connectivity index (χ2n) is 11.7. The number of amides is 3. The monoisotopic (exact) mass is 493 g/mol. The van der Waals surface area contributed by atoms with Crippen LogP contribution >= 0.6 is 0 Å². The van der Waals surface area contributed by atoms with Gasteiger partial charge in [-0.3, -0.25) is 19.7 Å². The zero-order valence-electron chi connectivity index (χ0n) is 21.2. The van der Waals surface area contributed by atoms with Crippen LogP contribution in [-0.4, -0.2) is 79.4 Å². The molecule has 4 saturated heterocycles. The molecule has 5 aliphatic rings. The first kappa shape index (κ1) is 23.9. The van der Waals surface area contributed by atoms with Crippen LogP contribution in [0.1, 0.15) is 60.9 Å². The number of hydrogen-bond donors (Lipinski definition) is 2. The van der Waals surface area contributed by atoms with E-state index in [0.717, 1.165) is 30.5 Å². The van der Waals surface area contributed by atoms with Gasteiger partial charge >= 0.3 is 0 Å². The Morgan fingerprint density at radius 3 is 2.39 bits per heavy atom. The van der Waals surface area contributed by atoms with Crippen LogP contribution in [0.3, 0.4) is 0 Å². The third kappa shape index (κ3) is 4.90. The van der Waals surface area contributed by atoms with Crippen LogP contribution < -0.4 is 15.5 Å². The Morgan fingerprint density at radius 1 is 0.889 bits per heavy atom. The summed E-state index contributed by atoms with van der Waals surface area (Å²) in [6.45, 7) is 8.70. The number of piperidine rings is 3. The Hall–Kier alpha value is -2.45. The van der Waals surface area contributed by atoms with E-state index in [-0.39, 0.29) is 24.1 Å². The number of carbonyl (C=O) groups excluding carboxylic acids is 3. The van der Waals surface area contributed by atoms with Gasteiger partial charge in [0.05, 0.1) is 0 Å². The lowest BCUT2D eigenvalue weighted by Crippen LogP contribution is -2.52. The van der Waals surface area contributed by atoms with Gasteiger partial charge in [0, 0.05) is 49.8 Å². The number of likely N-dealkylation sites (tertiary alicyclic amines) is 1. The predicted octanol–water partition coefficient (Wildman–Crippen LogP) is 1.99. The van der Waals surface area contributed by atoms with Crippen LogP contribution in [-0.2, 0) is 16.1 Å². The Labute approximate surface area is 213 Å². The maximum atomic E-state index is 12.9. The predicted molar refractivity (Wildman–Crippen MR) is 138 cm³/mol. The molecule has 2 N–H and O–H groups in total. The Kier molecular flexibility index (Phi) is 6.73. The summed E-state index contributed by atoms with van der Waals surface area (Å²) in [6.07, 6.45) is 7.58. The van der Waals surface area contributed by atoms with Crippen molar-refractivity contribution in [2.75, 3.05) is 50.7 Å². The molecule has 4 fully saturated rings. The number of imide groups is 1. The summed E-state index contributed by atoms with van der Waals surface area (Å²) in [4.78, 5) is 43.4. The van der Waals surface area contributed by atoms with Gasteiger partial charge in [0.15, 0.2) is 0 Å². The summed E-state index contributed by atoms with van der Waals surface area (Å²) in [7, 11) is 0. The minimum atomic E-state index is -0.553. The lowest BCUT2D eigenvalue weighted by Gasteiger charge is -2.44. The molecule has 5 aliphatic heterocycles. The first-order valence-electron chi connectivity index (χ1n) is 14.0. The molecular weight excluding hydrogens is 454 g/mol. The summed E-state index contributed by atoms with van der Waals surface area (Å²) in [5, 5.41) is 5.86. The van der Waals surface area contributed by atoms with Gasteiger partial charge in [-0.2, -0.15) is 0 Å². The van der Waals surface area contributed by atoms with Crippen molar-refractivity contribution in [1.82, 2.24) is 20.4 Å². The number of nitrogens with zero attached hydrogens (tertiary/aromatic N) is 3. The summed E-state index contributed by atoms with van der Waals surface area (Å²) >= 11 is 0. The van der Waals surface area contributed by atoms with E-state index in [0.29, 0.717) is 24.4 Å². The van der Waals surface area contributed by atoms with Crippen molar-refractivity contribution in [3.05, 3.63) is 29.3 Å². The number of fused-ring (bicyclic) bond motifs is 1. The molecule has 8 nitrogen and oxygen atoms in total. The van der Waals surface area contributed by atoms with Gasteiger partial charge in [-0.05, 0) is 100 Å². The molecule has 0 radical (unpaired) electrons. The largest absolute Gasteiger partial charge is 0.371 e. The summed E-state index contributed by atoms with van der Waals surface area (Å²) in [6, 6.07) is 5.54. The molecule has 0 aliphatic carbocycles. The van der Waals surface area contributed by atoms with E-state index in [1.807, 2.05) is 12.1 Å². The smallest absolute Gasteiger partial charge is 0.255 e. The quantitative estimate of drug-likeness (QED) is 0.590. The maximum Gasteiger partial charge on any atom is 0.255 e. The molecule has 5 heterocycles. The van der Waals surface area contributed by atoms with Crippen LogP contribution in [0.2, 0.25) is 0 Å². The van der Waals surface area contributed by atoms with Gasteiger partial charge in [0.1, 0.15) is 6.04 Å². The van der Waals surface area contributed by atoms with E-state index in [1.165, 1.54) is 70.5 Å². The van der Waals surface area contributed by atoms with E-state index in [9.17, 15) is 14.4 Å². The highest BCUT2D eigenvalue weighted by Gasteiger charge is 2.39. The van der Waals surface area contributed by atoms with Crippen LogP contribution in [0.4, 0.5) is 5.69 Å². The van der Waals surface area contributed by atoms with Crippen molar-refractivity contribution in [3.8, 4) is 0 Å². The Balaban J connectivity index is 0.969.